The van der Waals surface area contributed by atoms with Crippen LogP contribution < -0.4 is 5.32 Å². The molecular formula is C29H32FN7O3S. The van der Waals surface area contributed by atoms with Crippen LogP contribution in [-0.2, 0) is 20.8 Å². The first-order valence-corrected chi connectivity index (χ1v) is 14.4. The minimum Gasteiger partial charge on any atom is -0.349 e. The lowest BCUT2D eigenvalue weighted by atomic mass is 9.90. The van der Waals surface area contributed by atoms with Crippen molar-refractivity contribution in [2.75, 3.05) is 51.8 Å². The molecule has 41 heavy (non-hydrogen) atoms. The van der Waals surface area contributed by atoms with Gasteiger partial charge in [-0.15, -0.1) is 11.3 Å². The second-order valence-corrected chi connectivity index (χ2v) is 11.7. The van der Waals surface area contributed by atoms with Crippen LogP contribution in [-0.4, -0.2) is 82.1 Å². The Morgan fingerprint density at radius 1 is 1.12 bits per heavy atom. The number of H-pyrrole nitrogens is 1. The van der Waals surface area contributed by atoms with Crippen molar-refractivity contribution in [3.63, 3.8) is 0 Å². The van der Waals surface area contributed by atoms with Gasteiger partial charge in [0.25, 0.3) is 0 Å². The average molecular weight is 578 g/mol. The van der Waals surface area contributed by atoms with E-state index in [4.69, 9.17) is 19.4 Å². The van der Waals surface area contributed by atoms with E-state index < -0.39 is 11.7 Å². The lowest BCUT2D eigenvalue weighted by Gasteiger charge is -2.41. The Kier molecular flexibility index (Phi) is 7.80. The molecule has 2 N–H and O–H groups in total. The predicted molar refractivity (Wildman–Crippen MR) is 153 cm³/mol. The van der Waals surface area contributed by atoms with Crippen LogP contribution in [0.1, 0.15) is 23.9 Å². The van der Waals surface area contributed by atoms with Crippen molar-refractivity contribution in [2.45, 2.75) is 19.8 Å². The summed E-state index contributed by atoms with van der Waals surface area (Å²) in [5, 5.41) is 5.28. The SMILES string of the molecule is CN1CCN(C(=O)C2(C)COC(c3nc(-c4ccc(F)cc4)c(-c4ccnc(NCc5cccs5)n4)[nH]3)OC2)CC1. The lowest BCUT2D eigenvalue weighted by molar-refractivity contribution is -0.234. The van der Waals surface area contributed by atoms with Gasteiger partial charge in [-0.05, 0) is 55.7 Å². The largest absolute Gasteiger partial charge is 0.349 e. The van der Waals surface area contributed by atoms with Crippen molar-refractivity contribution < 1.29 is 18.7 Å². The number of halogens is 1. The fourth-order valence-corrected chi connectivity index (χ4v) is 5.59. The molecule has 4 aromatic rings. The van der Waals surface area contributed by atoms with Crippen molar-refractivity contribution in [1.29, 1.82) is 0 Å². The third kappa shape index (κ3) is 6.01. The fraction of sp³-hybridized carbons (Fsp3) is 0.379. The molecule has 5 heterocycles. The van der Waals surface area contributed by atoms with E-state index in [1.807, 2.05) is 29.3 Å². The maximum absolute atomic E-state index is 13.7. The first kappa shape index (κ1) is 27.5. The van der Waals surface area contributed by atoms with E-state index >= 15 is 0 Å². The third-order valence-electron chi connectivity index (χ3n) is 7.39. The summed E-state index contributed by atoms with van der Waals surface area (Å²) in [6.45, 7) is 5.98. The number of anilines is 1. The molecule has 10 nitrogen and oxygen atoms in total. The van der Waals surface area contributed by atoms with Crippen molar-refractivity contribution >= 4 is 23.2 Å². The van der Waals surface area contributed by atoms with E-state index in [1.165, 1.54) is 17.0 Å². The zero-order chi connectivity index (χ0) is 28.4. The maximum Gasteiger partial charge on any atom is 0.233 e. The summed E-state index contributed by atoms with van der Waals surface area (Å²) in [6.07, 6.45) is 0.881. The highest BCUT2D eigenvalue weighted by molar-refractivity contribution is 7.09. The number of nitrogens with zero attached hydrogens (tertiary/aromatic N) is 5. The summed E-state index contributed by atoms with van der Waals surface area (Å²) in [5.41, 5.74) is 1.75. The Morgan fingerprint density at radius 3 is 2.59 bits per heavy atom. The summed E-state index contributed by atoms with van der Waals surface area (Å²) in [4.78, 5) is 35.8. The molecule has 214 valence electrons. The standard InChI is InChI=1S/C29H32FN7O3S/c1-29(27(38)37-13-11-36(2)12-14-37)17-39-26(40-18-29)25-34-23(19-5-7-20(30)8-6-19)24(35-25)22-9-10-31-28(33-22)32-16-21-4-3-15-41-21/h3-10,15,26H,11-14,16-18H2,1-2H3,(H,34,35)(H,31,32,33). The number of carbonyl (C=O) groups is 1. The van der Waals surface area contributed by atoms with Crippen LogP contribution in [0, 0.1) is 11.2 Å². The lowest BCUT2D eigenvalue weighted by Crippen LogP contribution is -2.55. The molecule has 0 unspecified atom stereocenters. The zero-order valence-corrected chi connectivity index (χ0v) is 23.8. The van der Waals surface area contributed by atoms with Crippen LogP contribution in [0.2, 0.25) is 0 Å². The number of hydrogen-bond donors (Lipinski definition) is 2. The molecule has 2 aliphatic heterocycles. The van der Waals surface area contributed by atoms with Crippen LogP contribution in [0.4, 0.5) is 10.3 Å². The highest BCUT2D eigenvalue weighted by atomic mass is 32.1. The van der Waals surface area contributed by atoms with Gasteiger partial charge in [0.1, 0.15) is 5.82 Å². The molecule has 1 aromatic carbocycles. The Hall–Kier alpha value is -3.71. The molecule has 1 amide bonds. The highest BCUT2D eigenvalue weighted by Gasteiger charge is 2.43. The van der Waals surface area contributed by atoms with E-state index in [9.17, 15) is 9.18 Å². The van der Waals surface area contributed by atoms with Gasteiger partial charge >= 0.3 is 0 Å². The predicted octanol–water partition coefficient (Wildman–Crippen LogP) is 4.17. The second-order valence-electron chi connectivity index (χ2n) is 10.7. The minimum absolute atomic E-state index is 0.0414. The first-order chi connectivity index (χ1) is 19.9. The molecule has 0 spiro atoms. The number of thiophene rings is 1. The quantitative estimate of drug-likeness (QED) is 0.337. The van der Waals surface area contributed by atoms with Crippen molar-refractivity contribution in [3.05, 3.63) is 70.6 Å². The van der Waals surface area contributed by atoms with E-state index in [-0.39, 0.29) is 24.9 Å². The number of imidazole rings is 1. The number of aromatic amines is 1. The number of ether oxygens (including phenoxy) is 2. The Balaban J connectivity index is 1.23. The third-order valence-corrected chi connectivity index (χ3v) is 8.27. The number of likely N-dealkylation sites (N-methyl/N-ethyl adjacent to an activating group) is 1. The Morgan fingerprint density at radius 2 is 1.88 bits per heavy atom. The van der Waals surface area contributed by atoms with Gasteiger partial charge < -0.3 is 29.6 Å². The summed E-state index contributed by atoms with van der Waals surface area (Å²) in [5.74, 6) is 0.622. The van der Waals surface area contributed by atoms with E-state index in [1.54, 1.807) is 35.7 Å². The number of hydrogen-bond acceptors (Lipinski definition) is 9. The van der Waals surface area contributed by atoms with Gasteiger partial charge in [-0.25, -0.2) is 19.3 Å². The topological polar surface area (TPSA) is 109 Å². The molecule has 0 radical (unpaired) electrons. The first-order valence-electron chi connectivity index (χ1n) is 13.5. The molecule has 0 bridgehead atoms. The van der Waals surface area contributed by atoms with Gasteiger partial charge in [0.15, 0.2) is 5.82 Å². The molecule has 2 aliphatic rings. The van der Waals surface area contributed by atoms with Crippen LogP contribution >= 0.6 is 11.3 Å². The number of aromatic nitrogens is 4. The smallest absolute Gasteiger partial charge is 0.233 e. The highest BCUT2D eigenvalue weighted by Crippen LogP contribution is 2.36. The summed E-state index contributed by atoms with van der Waals surface area (Å²) in [6, 6.07) is 12.0. The number of piperazine rings is 1. The van der Waals surface area contributed by atoms with Gasteiger partial charge in [0.05, 0.1) is 42.3 Å². The Bertz CT molecular complexity index is 1480. The Labute approximate surface area is 241 Å². The van der Waals surface area contributed by atoms with Crippen LogP contribution in [0.5, 0.6) is 0 Å². The molecule has 0 atom stereocenters. The molecule has 6 rings (SSSR count). The number of nitrogens with one attached hydrogen (secondary N) is 2. The normalized spacial score (nSPS) is 21.6. The molecule has 0 aliphatic carbocycles. The summed E-state index contributed by atoms with van der Waals surface area (Å²) in [7, 11) is 2.06. The zero-order valence-electron chi connectivity index (χ0n) is 23.0. The van der Waals surface area contributed by atoms with Crippen molar-refractivity contribution in [3.8, 4) is 22.6 Å². The van der Waals surface area contributed by atoms with Crippen LogP contribution in [0.15, 0.2) is 54.0 Å². The average Bonchev–Trinajstić information content (AvgIpc) is 3.68. The number of amides is 1. The summed E-state index contributed by atoms with van der Waals surface area (Å²) >= 11 is 1.65. The number of benzene rings is 1. The molecule has 3 aromatic heterocycles. The van der Waals surface area contributed by atoms with Gasteiger partial charge in [-0.2, -0.15) is 0 Å². The van der Waals surface area contributed by atoms with E-state index in [2.05, 4.69) is 27.2 Å². The minimum atomic E-state index is -0.797. The molecular weight excluding hydrogens is 545 g/mol. The molecule has 2 saturated heterocycles. The number of carbonyl (C=O) groups excluding carboxylic acids is 1. The van der Waals surface area contributed by atoms with Gasteiger partial charge in [0, 0.05) is 42.8 Å². The van der Waals surface area contributed by atoms with E-state index in [0.29, 0.717) is 54.1 Å². The molecule has 12 heteroatoms. The molecule has 0 saturated carbocycles. The summed E-state index contributed by atoms with van der Waals surface area (Å²) < 4.78 is 25.9. The van der Waals surface area contributed by atoms with Crippen LogP contribution in [0.25, 0.3) is 22.6 Å². The van der Waals surface area contributed by atoms with E-state index in [0.717, 1.165) is 13.1 Å². The number of rotatable bonds is 7. The fourth-order valence-electron chi connectivity index (χ4n) is 4.95. The van der Waals surface area contributed by atoms with Crippen LogP contribution in [0.3, 0.4) is 0 Å². The van der Waals surface area contributed by atoms with Crippen molar-refractivity contribution in [2.24, 2.45) is 5.41 Å². The van der Waals surface area contributed by atoms with Gasteiger partial charge in [-0.1, -0.05) is 6.07 Å². The van der Waals surface area contributed by atoms with Gasteiger partial charge in [0.2, 0.25) is 18.1 Å². The van der Waals surface area contributed by atoms with Crippen molar-refractivity contribution in [1.82, 2.24) is 29.7 Å². The molecule has 2 fully saturated rings. The van der Waals surface area contributed by atoms with Gasteiger partial charge in [-0.3, -0.25) is 4.79 Å². The second kappa shape index (κ2) is 11.6. The monoisotopic (exact) mass is 577 g/mol. The maximum atomic E-state index is 13.7.